The summed E-state index contributed by atoms with van der Waals surface area (Å²) in [5.41, 5.74) is 0.163. The van der Waals surface area contributed by atoms with Gasteiger partial charge in [0, 0.05) is 38.2 Å². The summed E-state index contributed by atoms with van der Waals surface area (Å²) in [5, 5.41) is 0. The summed E-state index contributed by atoms with van der Waals surface area (Å²) >= 11 is 0. The fourth-order valence-electron chi connectivity index (χ4n) is 3.71. The van der Waals surface area contributed by atoms with Crippen LogP contribution in [0.15, 0.2) is 54.6 Å². The number of amides is 2. The van der Waals surface area contributed by atoms with Gasteiger partial charge in [-0.05, 0) is 30.7 Å². The zero-order valence-corrected chi connectivity index (χ0v) is 16.3. The van der Waals surface area contributed by atoms with E-state index < -0.39 is 23.6 Å². The molecule has 0 spiro atoms. The number of hydrogen-bond donors (Lipinski definition) is 0. The largest absolute Gasteiger partial charge is 0.416 e. The van der Waals surface area contributed by atoms with E-state index in [0.29, 0.717) is 17.7 Å². The first-order valence-electron chi connectivity index (χ1n) is 9.48. The van der Waals surface area contributed by atoms with E-state index in [4.69, 9.17) is 0 Å². The van der Waals surface area contributed by atoms with E-state index in [-0.39, 0.29) is 24.9 Å². The van der Waals surface area contributed by atoms with Gasteiger partial charge in [0.2, 0.25) is 5.91 Å². The first-order chi connectivity index (χ1) is 13.7. The highest BCUT2D eigenvalue weighted by molar-refractivity contribution is 5.95. The molecule has 0 radical (unpaired) electrons. The van der Waals surface area contributed by atoms with Gasteiger partial charge in [-0.15, -0.1) is 0 Å². The molecule has 2 aromatic carbocycles. The van der Waals surface area contributed by atoms with E-state index in [1.807, 2.05) is 6.92 Å². The molecule has 29 heavy (non-hydrogen) atoms. The number of halogens is 3. The number of likely N-dealkylation sites (tertiary alicyclic amines) is 1. The molecule has 4 nitrogen and oxygen atoms in total. The topological polar surface area (TPSA) is 40.6 Å². The van der Waals surface area contributed by atoms with Crippen molar-refractivity contribution in [3.05, 3.63) is 71.3 Å². The van der Waals surface area contributed by atoms with Crippen LogP contribution in [0.1, 0.15) is 34.3 Å². The third kappa shape index (κ3) is 4.44. The van der Waals surface area contributed by atoms with Crippen LogP contribution in [0.3, 0.4) is 0 Å². The molecule has 1 aliphatic heterocycles. The fraction of sp³-hybridized carbons (Fsp3) is 0.364. The highest BCUT2D eigenvalue weighted by Gasteiger charge is 2.42. The van der Waals surface area contributed by atoms with Crippen LogP contribution in [0.25, 0.3) is 0 Å². The lowest BCUT2D eigenvalue weighted by Gasteiger charge is -2.23. The van der Waals surface area contributed by atoms with E-state index in [9.17, 15) is 22.8 Å². The van der Waals surface area contributed by atoms with Crippen molar-refractivity contribution in [2.75, 3.05) is 26.7 Å². The molecule has 1 heterocycles. The van der Waals surface area contributed by atoms with Gasteiger partial charge in [-0.2, -0.15) is 13.2 Å². The van der Waals surface area contributed by atoms with Crippen LogP contribution in [0.5, 0.6) is 0 Å². The number of alkyl halides is 3. The second-order valence-corrected chi connectivity index (χ2v) is 7.26. The van der Waals surface area contributed by atoms with Gasteiger partial charge in [0.05, 0.1) is 11.5 Å². The van der Waals surface area contributed by atoms with Crippen molar-refractivity contribution in [2.24, 2.45) is 5.92 Å². The van der Waals surface area contributed by atoms with Gasteiger partial charge >= 0.3 is 6.18 Å². The van der Waals surface area contributed by atoms with Gasteiger partial charge in [-0.25, -0.2) is 0 Å². The van der Waals surface area contributed by atoms with Crippen LogP contribution in [0.4, 0.5) is 13.2 Å². The summed E-state index contributed by atoms with van der Waals surface area (Å²) in [5.74, 6) is -1.47. The average Bonchev–Trinajstić information content (AvgIpc) is 3.17. The molecule has 1 saturated heterocycles. The lowest BCUT2D eigenvalue weighted by atomic mass is 9.87. The summed E-state index contributed by atoms with van der Waals surface area (Å²) < 4.78 is 39.5. The molecule has 0 N–H and O–H groups in total. The van der Waals surface area contributed by atoms with Gasteiger partial charge in [0.15, 0.2) is 0 Å². The van der Waals surface area contributed by atoms with Crippen molar-refractivity contribution >= 4 is 11.8 Å². The van der Waals surface area contributed by atoms with Gasteiger partial charge in [0.25, 0.3) is 5.91 Å². The SMILES string of the molecule is CCN(C)C(=O)C1CN(C(=O)c2ccccc2)CC1c1cccc(C(F)(F)F)c1. The Balaban J connectivity index is 1.94. The predicted octanol–water partition coefficient (Wildman–Crippen LogP) is 4.04. The first-order valence-corrected chi connectivity index (χ1v) is 9.48. The third-order valence-electron chi connectivity index (χ3n) is 5.44. The van der Waals surface area contributed by atoms with Crippen LogP contribution < -0.4 is 0 Å². The fourth-order valence-corrected chi connectivity index (χ4v) is 3.71. The molecule has 1 aliphatic rings. The zero-order valence-electron chi connectivity index (χ0n) is 16.3. The maximum absolute atomic E-state index is 13.2. The van der Waals surface area contributed by atoms with E-state index in [1.54, 1.807) is 53.2 Å². The van der Waals surface area contributed by atoms with Gasteiger partial charge in [0.1, 0.15) is 0 Å². The summed E-state index contributed by atoms with van der Waals surface area (Å²) in [6.45, 7) is 2.69. The minimum Gasteiger partial charge on any atom is -0.346 e. The number of nitrogens with zero attached hydrogens (tertiary/aromatic N) is 2. The molecule has 7 heteroatoms. The van der Waals surface area contributed by atoms with Crippen molar-refractivity contribution < 1.29 is 22.8 Å². The molecule has 2 aromatic rings. The number of carbonyl (C=O) groups is 2. The van der Waals surface area contributed by atoms with E-state index in [0.717, 1.165) is 12.1 Å². The van der Waals surface area contributed by atoms with Crippen molar-refractivity contribution in [3.8, 4) is 0 Å². The Labute approximate surface area is 167 Å². The van der Waals surface area contributed by atoms with Gasteiger partial charge < -0.3 is 9.80 Å². The monoisotopic (exact) mass is 404 g/mol. The quantitative estimate of drug-likeness (QED) is 0.772. The molecule has 154 valence electrons. The zero-order chi connectivity index (χ0) is 21.2. The third-order valence-corrected chi connectivity index (χ3v) is 5.44. The van der Waals surface area contributed by atoms with Crippen LogP contribution in [-0.4, -0.2) is 48.3 Å². The molecule has 0 bridgehead atoms. The molecule has 3 rings (SSSR count). The average molecular weight is 404 g/mol. The van der Waals surface area contributed by atoms with Gasteiger partial charge in [-0.3, -0.25) is 9.59 Å². The molecule has 0 saturated carbocycles. The second-order valence-electron chi connectivity index (χ2n) is 7.26. The van der Waals surface area contributed by atoms with E-state index in [1.165, 1.54) is 6.07 Å². The molecular formula is C22H23F3N2O2. The normalized spacial score (nSPS) is 19.3. The predicted molar refractivity (Wildman–Crippen MR) is 103 cm³/mol. The summed E-state index contributed by atoms with van der Waals surface area (Å²) in [7, 11) is 1.66. The van der Waals surface area contributed by atoms with Crippen molar-refractivity contribution in [2.45, 2.75) is 19.0 Å². The Morgan fingerprint density at radius 2 is 1.76 bits per heavy atom. The van der Waals surface area contributed by atoms with Gasteiger partial charge in [-0.1, -0.05) is 36.4 Å². The summed E-state index contributed by atoms with van der Waals surface area (Å²) in [6.07, 6.45) is -4.46. The maximum atomic E-state index is 13.2. The molecule has 1 fully saturated rings. The minimum absolute atomic E-state index is 0.168. The van der Waals surface area contributed by atoms with Crippen molar-refractivity contribution in [3.63, 3.8) is 0 Å². The maximum Gasteiger partial charge on any atom is 0.416 e. The Morgan fingerprint density at radius 1 is 1.07 bits per heavy atom. The molecule has 2 unspecified atom stereocenters. The summed E-state index contributed by atoms with van der Waals surface area (Å²) in [6, 6.07) is 13.7. The van der Waals surface area contributed by atoms with Crippen LogP contribution in [0.2, 0.25) is 0 Å². The Morgan fingerprint density at radius 3 is 2.38 bits per heavy atom. The smallest absolute Gasteiger partial charge is 0.346 e. The molecule has 0 aliphatic carbocycles. The molecular weight excluding hydrogens is 381 g/mol. The standard InChI is InChI=1S/C22H23F3N2O2/c1-3-26(2)21(29)19-14-27(20(28)15-8-5-4-6-9-15)13-18(19)16-10-7-11-17(12-16)22(23,24)25/h4-12,18-19H,3,13-14H2,1-2H3. The second kappa shape index (κ2) is 8.27. The number of carbonyl (C=O) groups excluding carboxylic acids is 2. The summed E-state index contributed by atoms with van der Waals surface area (Å²) in [4.78, 5) is 28.9. The minimum atomic E-state index is -4.46. The lowest BCUT2D eigenvalue weighted by Crippen LogP contribution is -2.36. The number of hydrogen-bond acceptors (Lipinski definition) is 2. The Kier molecular flexibility index (Phi) is 5.96. The van der Waals surface area contributed by atoms with E-state index >= 15 is 0 Å². The number of benzene rings is 2. The van der Waals surface area contributed by atoms with Crippen LogP contribution in [0, 0.1) is 5.92 Å². The first kappa shape index (κ1) is 20.9. The molecule has 0 aromatic heterocycles. The van der Waals surface area contributed by atoms with Crippen LogP contribution in [-0.2, 0) is 11.0 Å². The Hall–Kier alpha value is -2.83. The van der Waals surface area contributed by atoms with Crippen molar-refractivity contribution in [1.29, 1.82) is 0 Å². The Bertz CT molecular complexity index is 883. The molecule has 2 atom stereocenters. The van der Waals surface area contributed by atoms with Crippen LogP contribution >= 0.6 is 0 Å². The highest BCUT2D eigenvalue weighted by atomic mass is 19.4. The van der Waals surface area contributed by atoms with E-state index in [2.05, 4.69) is 0 Å². The molecule has 2 amide bonds. The number of rotatable bonds is 4. The lowest BCUT2D eigenvalue weighted by molar-refractivity contribution is -0.137. The van der Waals surface area contributed by atoms with Crippen molar-refractivity contribution in [1.82, 2.24) is 9.80 Å². The highest BCUT2D eigenvalue weighted by Crippen LogP contribution is 2.37.